The van der Waals surface area contributed by atoms with Crippen molar-refractivity contribution < 1.29 is 14.0 Å². The van der Waals surface area contributed by atoms with Gasteiger partial charge in [-0.3, -0.25) is 9.59 Å². The van der Waals surface area contributed by atoms with Crippen LogP contribution in [0.15, 0.2) is 53.7 Å². The van der Waals surface area contributed by atoms with Crippen LogP contribution in [-0.4, -0.2) is 18.4 Å². The highest BCUT2D eigenvalue weighted by atomic mass is 16.3. The average molecular weight is 284 g/mol. The van der Waals surface area contributed by atoms with Crippen molar-refractivity contribution in [2.75, 3.05) is 11.9 Å². The van der Waals surface area contributed by atoms with Gasteiger partial charge in [-0.1, -0.05) is 12.1 Å². The maximum Gasteiger partial charge on any atom is 0.291 e. The average Bonchev–Trinajstić information content (AvgIpc) is 3.01. The van der Waals surface area contributed by atoms with E-state index in [2.05, 4.69) is 17.2 Å². The van der Waals surface area contributed by atoms with Gasteiger partial charge in [0.25, 0.3) is 11.8 Å². The number of nitrogens with one attached hydrogen (secondary N) is 2. The number of hydrogen-bond donors (Lipinski definition) is 2. The maximum atomic E-state index is 12.0. The summed E-state index contributed by atoms with van der Waals surface area (Å²) in [6.07, 6.45) is 3.03. The molecule has 2 N–H and O–H groups in total. The topological polar surface area (TPSA) is 71.3 Å². The zero-order valence-corrected chi connectivity index (χ0v) is 11.7. The van der Waals surface area contributed by atoms with Crippen LogP contribution in [0.5, 0.6) is 0 Å². The van der Waals surface area contributed by atoms with Gasteiger partial charge in [0.2, 0.25) is 0 Å². The largest absolute Gasteiger partial charge is 0.459 e. The zero-order chi connectivity index (χ0) is 15.2. The quantitative estimate of drug-likeness (QED) is 0.829. The third kappa shape index (κ3) is 3.60. The molecule has 1 heterocycles. The van der Waals surface area contributed by atoms with E-state index >= 15 is 0 Å². The molecule has 5 nitrogen and oxygen atoms in total. The fourth-order valence-electron chi connectivity index (χ4n) is 1.76. The summed E-state index contributed by atoms with van der Waals surface area (Å²) in [7, 11) is 0. The van der Waals surface area contributed by atoms with Gasteiger partial charge in [-0.25, -0.2) is 0 Å². The number of hydrogen-bond acceptors (Lipinski definition) is 3. The number of anilines is 1. The minimum atomic E-state index is -0.355. The maximum absolute atomic E-state index is 12.0. The van der Waals surface area contributed by atoms with Gasteiger partial charge in [-0.15, -0.1) is 6.58 Å². The van der Waals surface area contributed by atoms with Crippen LogP contribution in [0.25, 0.3) is 0 Å². The summed E-state index contributed by atoms with van der Waals surface area (Å²) >= 11 is 0. The highest BCUT2D eigenvalue weighted by Gasteiger charge is 2.12. The summed E-state index contributed by atoms with van der Waals surface area (Å²) in [5, 5.41) is 5.42. The van der Waals surface area contributed by atoms with E-state index in [0.29, 0.717) is 17.8 Å². The lowest BCUT2D eigenvalue weighted by atomic mass is 10.1. The number of aryl methyl sites for hydroxylation is 1. The second kappa shape index (κ2) is 6.56. The van der Waals surface area contributed by atoms with E-state index in [4.69, 9.17) is 4.42 Å². The van der Waals surface area contributed by atoms with Crippen LogP contribution in [-0.2, 0) is 0 Å². The minimum absolute atomic E-state index is 0.218. The Bertz CT molecular complexity index is 660. The Kier molecular flexibility index (Phi) is 4.56. The summed E-state index contributed by atoms with van der Waals surface area (Å²) < 4.78 is 5.04. The molecule has 0 atom stereocenters. The second-order valence-corrected chi connectivity index (χ2v) is 4.46. The molecule has 1 aromatic carbocycles. The van der Waals surface area contributed by atoms with Gasteiger partial charge in [0, 0.05) is 17.8 Å². The van der Waals surface area contributed by atoms with E-state index in [1.807, 2.05) is 6.92 Å². The van der Waals surface area contributed by atoms with Crippen LogP contribution in [0, 0.1) is 6.92 Å². The third-order valence-corrected chi connectivity index (χ3v) is 2.90. The van der Waals surface area contributed by atoms with Crippen molar-refractivity contribution in [3.63, 3.8) is 0 Å². The summed E-state index contributed by atoms with van der Waals surface area (Å²) in [6.45, 7) is 5.78. The van der Waals surface area contributed by atoms with E-state index in [0.717, 1.165) is 5.56 Å². The van der Waals surface area contributed by atoms with Gasteiger partial charge >= 0.3 is 0 Å². The summed E-state index contributed by atoms with van der Waals surface area (Å²) in [5.74, 6) is -0.356. The second-order valence-electron chi connectivity index (χ2n) is 4.46. The van der Waals surface area contributed by atoms with Crippen molar-refractivity contribution in [1.29, 1.82) is 0 Å². The van der Waals surface area contributed by atoms with Crippen molar-refractivity contribution in [2.24, 2.45) is 0 Å². The van der Waals surface area contributed by atoms with E-state index < -0.39 is 0 Å². The van der Waals surface area contributed by atoms with Gasteiger partial charge in [0.1, 0.15) is 0 Å². The highest BCUT2D eigenvalue weighted by molar-refractivity contribution is 6.03. The van der Waals surface area contributed by atoms with Crippen molar-refractivity contribution in [2.45, 2.75) is 6.92 Å². The number of carbonyl (C=O) groups excluding carboxylic acids is 2. The molecule has 0 spiro atoms. The normalized spacial score (nSPS) is 9.95. The van der Waals surface area contributed by atoms with E-state index in [1.165, 1.54) is 6.26 Å². The molecule has 2 amide bonds. The molecular weight excluding hydrogens is 268 g/mol. The molecule has 108 valence electrons. The molecule has 0 aliphatic carbocycles. The molecule has 0 fully saturated rings. The molecule has 21 heavy (non-hydrogen) atoms. The number of amides is 2. The van der Waals surface area contributed by atoms with Gasteiger partial charge in [0.15, 0.2) is 5.76 Å². The fourth-order valence-corrected chi connectivity index (χ4v) is 1.76. The van der Waals surface area contributed by atoms with Gasteiger partial charge < -0.3 is 15.1 Å². The Labute approximate surface area is 122 Å². The zero-order valence-electron chi connectivity index (χ0n) is 11.7. The van der Waals surface area contributed by atoms with Gasteiger partial charge in [-0.05, 0) is 36.8 Å². The lowest BCUT2D eigenvalue weighted by Crippen LogP contribution is -2.23. The van der Waals surface area contributed by atoms with Crippen molar-refractivity contribution in [3.8, 4) is 0 Å². The molecule has 2 rings (SSSR count). The summed E-state index contributed by atoms with van der Waals surface area (Å²) in [6, 6.07) is 8.33. The Hall–Kier alpha value is -2.82. The predicted octanol–water partition coefficient (Wildman–Crippen LogP) is 2.76. The Morgan fingerprint density at radius 1 is 1.29 bits per heavy atom. The first kappa shape index (κ1) is 14.6. The Balaban J connectivity index is 2.17. The van der Waals surface area contributed by atoms with Crippen LogP contribution in [0.3, 0.4) is 0 Å². The SMILES string of the molecule is C=CCNC(=O)c1ccc(C)c(NC(=O)c2ccco2)c1. The van der Waals surface area contributed by atoms with E-state index in [-0.39, 0.29) is 17.6 Å². The third-order valence-electron chi connectivity index (χ3n) is 2.90. The van der Waals surface area contributed by atoms with E-state index in [1.54, 1.807) is 36.4 Å². The lowest BCUT2D eigenvalue weighted by molar-refractivity contribution is 0.0955. The molecule has 1 aromatic heterocycles. The van der Waals surface area contributed by atoms with Crippen LogP contribution < -0.4 is 10.6 Å². The molecule has 0 saturated heterocycles. The minimum Gasteiger partial charge on any atom is -0.459 e. The first-order valence-electron chi connectivity index (χ1n) is 6.46. The predicted molar refractivity (Wildman–Crippen MR) is 80.4 cm³/mol. The first-order valence-corrected chi connectivity index (χ1v) is 6.46. The van der Waals surface area contributed by atoms with Crippen LogP contribution in [0.4, 0.5) is 5.69 Å². The van der Waals surface area contributed by atoms with Crippen LogP contribution >= 0.6 is 0 Å². The van der Waals surface area contributed by atoms with Crippen molar-refractivity contribution in [1.82, 2.24) is 5.32 Å². The summed E-state index contributed by atoms with van der Waals surface area (Å²) in [5.41, 5.74) is 1.90. The molecule has 5 heteroatoms. The summed E-state index contributed by atoms with van der Waals surface area (Å²) in [4.78, 5) is 23.9. The monoisotopic (exact) mass is 284 g/mol. The molecule has 2 aromatic rings. The number of carbonyl (C=O) groups is 2. The Morgan fingerprint density at radius 3 is 2.76 bits per heavy atom. The first-order chi connectivity index (χ1) is 10.1. The fraction of sp³-hybridized carbons (Fsp3) is 0.125. The molecule has 0 radical (unpaired) electrons. The molecule has 0 unspecified atom stereocenters. The molecule has 0 aliphatic rings. The smallest absolute Gasteiger partial charge is 0.291 e. The van der Waals surface area contributed by atoms with Crippen molar-refractivity contribution in [3.05, 3.63) is 66.1 Å². The Morgan fingerprint density at radius 2 is 2.10 bits per heavy atom. The number of rotatable bonds is 5. The lowest BCUT2D eigenvalue weighted by Gasteiger charge is -2.09. The van der Waals surface area contributed by atoms with Crippen molar-refractivity contribution >= 4 is 17.5 Å². The molecular formula is C16H16N2O3. The van der Waals surface area contributed by atoms with Gasteiger partial charge in [-0.2, -0.15) is 0 Å². The van der Waals surface area contributed by atoms with Crippen LogP contribution in [0.1, 0.15) is 26.5 Å². The number of benzene rings is 1. The molecule has 0 aliphatic heterocycles. The van der Waals surface area contributed by atoms with Gasteiger partial charge in [0.05, 0.1) is 6.26 Å². The standard InChI is InChI=1S/C16H16N2O3/c1-3-8-17-15(19)12-7-6-11(2)13(10-12)18-16(20)14-5-4-9-21-14/h3-7,9-10H,1,8H2,2H3,(H,17,19)(H,18,20). The molecule has 0 saturated carbocycles. The number of furan rings is 1. The van der Waals surface area contributed by atoms with Crippen LogP contribution in [0.2, 0.25) is 0 Å². The molecule has 0 bridgehead atoms. The highest BCUT2D eigenvalue weighted by Crippen LogP contribution is 2.18. The van der Waals surface area contributed by atoms with E-state index in [9.17, 15) is 9.59 Å².